The molecule has 0 spiro atoms. The maximum absolute atomic E-state index is 13.9. The minimum Gasteiger partial charge on any atom is -0.478 e. The average molecular weight is 663 g/mol. The summed E-state index contributed by atoms with van der Waals surface area (Å²) >= 11 is 1.76. The van der Waals surface area contributed by atoms with E-state index in [9.17, 15) is 14.4 Å². The van der Waals surface area contributed by atoms with Crippen LogP contribution >= 0.6 is 11.8 Å². The molecule has 1 aliphatic heterocycles. The molecule has 3 aliphatic rings. The van der Waals surface area contributed by atoms with Gasteiger partial charge < -0.3 is 25.2 Å². The molecule has 2 heterocycles. The molecular formula is C39H42N4O4S. The Balaban J connectivity index is 1.20. The zero-order valence-corrected chi connectivity index (χ0v) is 28.4. The number of hydrogen-bond acceptors (Lipinski definition) is 5. The van der Waals surface area contributed by atoms with Gasteiger partial charge in [0.1, 0.15) is 5.54 Å². The fraction of sp³-hybridized carbons (Fsp3) is 0.359. The quantitative estimate of drug-likeness (QED) is 0.131. The zero-order valence-electron chi connectivity index (χ0n) is 27.6. The van der Waals surface area contributed by atoms with Gasteiger partial charge in [0.05, 0.1) is 5.69 Å². The normalized spacial score (nSPS) is 17.3. The van der Waals surface area contributed by atoms with E-state index < -0.39 is 11.5 Å². The summed E-state index contributed by atoms with van der Waals surface area (Å²) in [6, 6.07) is 19.9. The molecule has 2 fully saturated rings. The number of aromatic nitrogens is 1. The highest BCUT2D eigenvalue weighted by atomic mass is 32.2. The first-order valence-corrected chi connectivity index (χ1v) is 18.2. The molecule has 9 heteroatoms. The van der Waals surface area contributed by atoms with Crippen LogP contribution in [0.15, 0.2) is 71.6 Å². The van der Waals surface area contributed by atoms with E-state index in [4.69, 9.17) is 5.11 Å². The number of anilines is 2. The van der Waals surface area contributed by atoms with Crippen LogP contribution in [0.25, 0.3) is 28.2 Å². The molecule has 3 aromatic carbocycles. The fourth-order valence-electron chi connectivity index (χ4n) is 7.69. The number of thioether (sulfide) groups is 1. The Bertz CT molecular complexity index is 1920. The van der Waals surface area contributed by atoms with Crippen molar-refractivity contribution in [1.82, 2.24) is 9.88 Å². The molecule has 8 nitrogen and oxygen atoms in total. The number of aliphatic carboxylic acids is 1. The minimum atomic E-state index is -1.02. The van der Waals surface area contributed by atoms with Crippen LogP contribution in [-0.4, -0.2) is 52.8 Å². The van der Waals surface area contributed by atoms with Gasteiger partial charge in [-0.3, -0.25) is 9.59 Å². The maximum Gasteiger partial charge on any atom is 0.328 e. The molecule has 0 saturated heterocycles. The maximum atomic E-state index is 13.9. The van der Waals surface area contributed by atoms with Crippen LogP contribution in [0.4, 0.5) is 11.4 Å². The standard InChI is InChI=1S/C39H42N4O4S/c1-42-21-22-43-33-23-27(37(46)41-39(19-6-20-39)38(47)40-28-13-9-25(10-14-28)11-18-34(44)45)12-16-30(33)35(26-7-4-3-5-8-26)36(43)31-17-15-29(48-2)24-32(31)42/h9-18,23-24,26H,3-8,19-22H2,1-2H3,(H,40,47)(H,41,46)(H,44,45)/b18-11+. The number of hydrogen-bond donors (Lipinski definition) is 3. The number of benzene rings is 3. The first-order chi connectivity index (χ1) is 23.3. The SMILES string of the molecule is CSc1ccc2c(c1)N(C)CCn1c-2c(C2CCCCC2)c2ccc(C(=O)NC3(C(=O)Nc4ccc(/C=C/C(=O)O)cc4)CCC3)cc21. The zero-order chi connectivity index (χ0) is 33.4. The third-order valence-electron chi connectivity index (χ3n) is 10.5. The predicted octanol–water partition coefficient (Wildman–Crippen LogP) is 7.92. The van der Waals surface area contributed by atoms with Crippen LogP contribution in [0.3, 0.4) is 0 Å². The Kier molecular flexibility index (Phi) is 8.81. The predicted molar refractivity (Wildman–Crippen MR) is 194 cm³/mol. The van der Waals surface area contributed by atoms with Crippen molar-refractivity contribution in [3.8, 4) is 11.3 Å². The van der Waals surface area contributed by atoms with Gasteiger partial charge in [0.25, 0.3) is 5.91 Å². The van der Waals surface area contributed by atoms with Crippen LogP contribution in [0.5, 0.6) is 0 Å². The number of carboxylic acid groups (broad SMARTS) is 1. The molecule has 4 aromatic rings. The second-order valence-electron chi connectivity index (χ2n) is 13.4. The van der Waals surface area contributed by atoms with E-state index in [1.165, 1.54) is 71.0 Å². The van der Waals surface area contributed by atoms with Gasteiger partial charge in [0.2, 0.25) is 5.91 Å². The molecular weight excluding hydrogens is 621 g/mol. The highest BCUT2D eigenvalue weighted by molar-refractivity contribution is 7.98. The first-order valence-electron chi connectivity index (χ1n) is 17.0. The number of nitrogens with one attached hydrogen (secondary N) is 2. The first kappa shape index (κ1) is 32.1. The van der Waals surface area contributed by atoms with Gasteiger partial charge in [0, 0.05) is 64.5 Å². The summed E-state index contributed by atoms with van der Waals surface area (Å²) in [4.78, 5) is 41.9. The lowest BCUT2D eigenvalue weighted by atomic mass is 9.75. The van der Waals surface area contributed by atoms with E-state index in [-0.39, 0.29) is 11.8 Å². The number of carbonyl (C=O) groups excluding carboxylic acids is 2. The van der Waals surface area contributed by atoms with E-state index in [1.54, 1.807) is 36.0 Å². The van der Waals surface area contributed by atoms with Crippen molar-refractivity contribution in [3.63, 3.8) is 0 Å². The summed E-state index contributed by atoms with van der Waals surface area (Å²) in [5.74, 6) is -1.02. The Morgan fingerprint density at radius 2 is 1.71 bits per heavy atom. The number of fused-ring (bicyclic) bond motifs is 5. The molecule has 2 amide bonds. The van der Waals surface area contributed by atoms with Crippen LogP contribution in [0.1, 0.15) is 78.8 Å². The van der Waals surface area contributed by atoms with Gasteiger partial charge in [-0.15, -0.1) is 11.8 Å². The van der Waals surface area contributed by atoms with Crippen molar-refractivity contribution in [3.05, 3.63) is 83.4 Å². The van der Waals surface area contributed by atoms with Crippen LogP contribution in [-0.2, 0) is 16.1 Å². The lowest BCUT2D eigenvalue weighted by Gasteiger charge is -2.40. The summed E-state index contributed by atoms with van der Waals surface area (Å²) in [5, 5.41) is 16.2. The van der Waals surface area contributed by atoms with E-state index >= 15 is 0 Å². The number of nitrogens with zero attached hydrogens (tertiary/aromatic N) is 2. The van der Waals surface area contributed by atoms with E-state index in [0.717, 1.165) is 31.1 Å². The van der Waals surface area contributed by atoms with Crippen molar-refractivity contribution in [1.29, 1.82) is 0 Å². The van der Waals surface area contributed by atoms with Gasteiger partial charge in [-0.25, -0.2) is 4.79 Å². The van der Waals surface area contributed by atoms with Crippen molar-refractivity contribution in [2.45, 2.75) is 74.3 Å². The van der Waals surface area contributed by atoms with Crippen molar-refractivity contribution >= 4 is 57.9 Å². The molecule has 3 N–H and O–H groups in total. The minimum absolute atomic E-state index is 0.239. The van der Waals surface area contributed by atoms with Gasteiger partial charge >= 0.3 is 5.97 Å². The summed E-state index contributed by atoms with van der Waals surface area (Å²) in [6.45, 7) is 1.68. The Labute approximate surface area is 285 Å². The highest BCUT2D eigenvalue weighted by Gasteiger charge is 2.45. The molecule has 48 heavy (non-hydrogen) atoms. The number of rotatable bonds is 8. The molecule has 0 bridgehead atoms. The van der Waals surface area contributed by atoms with Crippen molar-refractivity contribution in [2.24, 2.45) is 0 Å². The third kappa shape index (κ3) is 6.00. The third-order valence-corrected chi connectivity index (χ3v) is 11.2. The molecule has 7 rings (SSSR count). The largest absolute Gasteiger partial charge is 0.478 e. The number of carboxylic acids is 1. The Hall–Kier alpha value is -4.50. The van der Waals surface area contributed by atoms with Gasteiger partial charge in [-0.2, -0.15) is 0 Å². The smallest absolute Gasteiger partial charge is 0.328 e. The van der Waals surface area contributed by atoms with E-state index in [0.29, 0.717) is 35.6 Å². The topological polar surface area (TPSA) is 104 Å². The van der Waals surface area contributed by atoms with Crippen LogP contribution in [0.2, 0.25) is 0 Å². The van der Waals surface area contributed by atoms with Crippen molar-refractivity contribution < 1.29 is 19.5 Å². The molecule has 2 aliphatic carbocycles. The van der Waals surface area contributed by atoms with Gasteiger partial charge in [-0.1, -0.05) is 37.5 Å². The second-order valence-corrected chi connectivity index (χ2v) is 14.3. The Morgan fingerprint density at radius 3 is 2.40 bits per heavy atom. The summed E-state index contributed by atoms with van der Waals surface area (Å²) < 4.78 is 2.44. The van der Waals surface area contributed by atoms with E-state index in [2.05, 4.69) is 57.7 Å². The average Bonchev–Trinajstić information content (AvgIpc) is 3.33. The fourth-order valence-corrected chi connectivity index (χ4v) is 8.13. The monoisotopic (exact) mass is 662 g/mol. The molecule has 248 valence electrons. The van der Waals surface area contributed by atoms with Gasteiger partial charge in [0.15, 0.2) is 0 Å². The van der Waals surface area contributed by atoms with Crippen LogP contribution in [0, 0.1) is 0 Å². The number of carbonyl (C=O) groups is 3. The van der Waals surface area contributed by atoms with Gasteiger partial charge in [-0.05, 0) is 104 Å². The number of amides is 2. The molecule has 0 atom stereocenters. The Morgan fingerprint density at radius 1 is 0.938 bits per heavy atom. The molecule has 0 radical (unpaired) electrons. The lowest BCUT2D eigenvalue weighted by molar-refractivity contribution is -0.131. The summed E-state index contributed by atoms with van der Waals surface area (Å²) in [7, 11) is 2.17. The molecule has 2 saturated carbocycles. The lowest BCUT2D eigenvalue weighted by Crippen LogP contribution is -2.61. The summed E-state index contributed by atoms with van der Waals surface area (Å²) in [6.07, 6.45) is 12.8. The highest BCUT2D eigenvalue weighted by Crippen LogP contribution is 2.48. The van der Waals surface area contributed by atoms with Crippen LogP contribution < -0.4 is 15.5 Å². The van der Waals surface area contributed by atoms with Crippen molar-refractivity contribution in [2.75, 3.05) is 30.1 Å². The number of likely N-dealkylation sites (N-methyl/N-ethyl adjacent to an activating group) is 1. The van der Waals surface area contributed by atoms with E-state index in [1.807, 2.05) is 12.1 Å². The molecule has 0 unspecified atom stereocenters. The summed E-state index contributed by atoms with van der Waals surface area (Å²) in [5.41, 5.74) is 7.19. The molecule has 1 aromatic heterocycles. The second kappa shape index (κ2) is 13.2.